The van der Waals surface area contributed by atoms with Crippen molar-refractivity contribution in [2.75, 3.05) is 18.5 Å². The van der Waals surface area contributed by atoms with Crippen molar-refractivity contribution >= 4 is 23.5 Å². The largest absolute Gasteiger partial charge is 0.465 e. The average Bonchev–Trinajstić information content (AvgIpc) is 2.70. The number of nitrogens with one attached hydrogen (secondary N) is 1. The van der Waals surface area contributed by atoms with Crippen molar-refractivity contribution in [2.24, 2.45) is 5.92 Å². The number of hydrogen-bond acceptors (Lipinski definition) is 6. The van der Waals surface area contributed by atoms with Gasteiger partial charge in [-0.1, -0.05) is 24.3 Å². The number of carbonyl (C=O) groups excluding carboxylic acids is 3. The summed E-state index contributed by atoms with van der Waals surface area (Å²) in [7, 11) is 0. The molecule has 0 saturated heterocycles. The lowest BCUT2D eigenvalue weighted by Gasteiger charge is -2.16. The predicted molar refractivity (Wildman–Crippen MR) is 112 cm³/mol. The number of esters is 2. The van der Waals surface area contributed by atoms with E-state index in [0.29, 0.717) is 23.6 Å². The summed E-state index contributed by atoms with van der Waals surface area (Å²) < 4.78 is 15.8. The molecule has 0 fully saturated rings. The van der Waals surface area contributed by atoms with Crippen LogP contribution in [0.4, 0.5) is 5.69 Å². The van der Waals surface area contributed by atoms with Crippen LogP contribution in [-0.2, 0) is 30.3 Å². The minimum absolute atomic E-state index is 0.178. The van der Waals surface area contributed by atoms with Crippen LogP contribution >= 0.6 is 0 Å². The minimum atomic E-state index is -1.02. The summed E-state index contributed by atoms with van der Waals surface area (Å²) in [5.74, 6) is -1.25. The summed E-state index contributed by atoms with van der Waals surface area (Å²) in [6.45, 7) is 5.13. The molecule has 1 amide bonds. The maximum atomic E-state index is 12.2. The van der Waals surface area contributed by atoms with Gasteiger partial charge in [0.05, 0.1) is 13.2 Å². The zero-order valence-corrected chi connectivity index (χ0v) is 17.5. The van der Waals surface area contributed by atoms with Crippen molar-refractivity contribution in [3.05, 3.63) is 54.1 Å². The van der Waals surface area contributed by atoms with Gasteiger partial charge in [-0.3, -0.25) is 14.4 Å². The molecule has 0 unspecified atom stereocenters. The Hall–Kier alpha value is -3.35. The monoisotopic (exact) mass is 413 g/mol. The SMILES string of the molecule is CCOC(=O)C(CCc1ccc(Oc2ccccc2)cc1NC(C)=O)C(=O)OCC. The van der Waals surface area contributed by atoms with Crippen LogP contribution in [0.15, 0.2) is 48.5 Å². The zero-order chi connectivity index (χ0) is 21.9. The van der Waals surface area contributed by atoms with E-state index < -0.39 is 17.9 Å². The minimum Gasteiger partial charge on any atom is -0.465 e. The van der Waals surface area contributed by atoms with Gasteiger partial charge in [0.25, 0.3) is 0 Å². The second-order valence-electron chi connectivity index (χ2n) is 6.51. The molecular formula is C23H27NO6. The average molecular weight is 413 g/mol. The number of ether oxygens (including phenoxy) is 3. The van der Waals surface area contributed by atoms with E-state index in [4.69, 9.17) is 14.2 Å². The van der Waals surface area contributed by atoms with E-state index in [0.717, 1.165) is 5.56 Å². The molecule has 7 heteroatoms. The molecule has 2 aromatic rings. The first-order valence-electron chi connectivity index (χ1n) is 9.91. The summed E-state index contributed by atoms with van der Waals surface area (Å²) in [5.41, 5.74) is 1.33. The molecule has 2 rings (SSSR count). The second kappa shape index (κ2) is 11.6. The van der Waals surface area contributed by atoms with E-state index in [2.05, 4.69) is 5.32 Å². The molecule has 0 atom stereocenters. The predicted octanol–water partition coefficient (Wildman–Crippen LogP) is 4.11. The van der Waals surface area contributed by atoms with E-state index in [-0.39, 0.29) is 25.5 Å². The van der Waals surface area contributed by atoms with Crippen LogP contribution in [0.1, 0.15) is 32.8 Å². The molecule has 7 nitrogen and oxygen atoms in total. The van der Waals surface area contributed by atoms with Gasteiger partial charge in [-0.05, 0) is 50.5 Å². The fourth-order valence-electron chi connectivity index (χ4n) is 2.89. The third-order valence-corrected chi connectivity index (χ3v) is 4.22. The van der Waals surface area contributed by atoms with Gasteiger partial charge in [0.2, 0.25) is 5.91 Å². The quantitative estimate of drug-likeness (QED) is 0.466. The molecule has 0 bridgehead atoms. The number of hydrogen-bond donors (Lipinski definition) is 1. The number of benzene rings is 2. The van der Waals surface area contributed by atoms with Crippen molar-refractivity contribution in [2.45, 2.75) is 33.6 Å². The van der Waals surface area contributed by atoms with Crippen molar-refractivity contribution in [1.29, 1.82) is 0 Å². The fourth-order valence-corrected chi connectivity index (χ4v) is 2.89. The normalized spacial score (nSPS) is 10.4. The number of carbonyl (C=O) groups is 3. The van der Waals surface area contributed by atoms with Crippen LogP contribution in [-0.4, -0.2) is 31.1 Å². The van der Waals surface area contributed by atoms with Crippen LogP contribution < -0.4 is 10.1 Å². The second-order valence-corrected chi connectivity index (χ2v) is 6.51. The highest BCUT2D eigenvalue weighted by Crippen LogP contribution is 2.28. The molecular weight excluding hydrogens is 386 g/mol. The smallest absolute Gasteiger partial charge is 0.320 e. The fraction of sp³-hybridized carbons (Fsp3) is 0.348. The molecule has 0 heterocycles. The Morgan fingerprint density at radius 1 is 0.900 bits per heavy atom. The molecule has 0 saturated carbocycles. The standard InChI is InChI=1S/C23H27NO6/c1-4-28-22(26)20(23(27)29-5-2)14-12-17-11-13-19(15-21(17)24-16(3)25)30-18-9-7-6-8-10-18/h6-11,13,15,20H,4-5,12,14H2,1-3H3,(H,24,25). The summed E-state index contributed by atoms with van der Waals surface area (Å²) >= 11 is 0. The van der Waals surface area contributed by atoms with Crippen molar-refractivity contribution < 1.29 is 28.6 Å². The maximum absolute atomic E-state index is 12.2. The van der Waals surface area contributed by atoms with Gasteiger partial charge in [0.1, 0.15) is 11.5 Å². The molecule has 0 aliphatic carbocycles. The number of aryl methyl sites for hydroxylation is 1. The maximum Gasteiger partial charge on any atom is 0.320 e. The van der Waals surface area contributed by atoms with Crippen molar-refractivity contribution in [3.63, 3.8) is 0 Å². The van der Waals surface area contributed by atoms with E-state index in [1.807, 2.05) is 30.3 Å². The van der Waals surface area contributed by atoms with Crippen molar-refractivity contribution in [1.82, 2.24) is 0 Å². The van der Waals surface area contributed by atoms with E-state index in [1.54, 1.807) is 32.0 Å². The first-order valence-corrected chi connectivity index (χ1v) is 9.91. The third kappa shape index (κ3) is 6.92. The summed E-state index contributed by atoms with van der Waals surface area (Å²) in [6, 6.07) is 14.6. The highest BCUT2D eigenvalue weighted by molar-refractivity contribution is 5.95. The Balaban J connectivity index is 2.20. The Kier molecular flexibility index (Phi) is 8.87. The zero-order valence-electron chi connectivity index (χ0n) is 17.5. The lowest BCUT2D eigenvalue weighted by molar-refractivity contribution is -0.161. The summed E-state index contributed by atoms with van der Waals surface area (Å²) in [5, 5.41) is 2.78. The van der Waals surface area contributed by atoms with Crippen LogP contribution in [0.25, 0.3) is 0 Å². The number of amides is 1. The summed E-state index contributed by atoms with van der Waals surface area (Å²) in [4.78, 5) is 36.0. The Morgan fingerprint density at radius 3 is 2.10 bits per heavy atom. The van der Waals surface area contributed by atoms with Gasteiger partial charge in [-0.15, -0.1) is 0 Å². The topological polar surface area (TPSA) is 90.9 Å². The van der Waals surface area contributed by atoms with Crippen LogP contribution in [0.3, 0.4) is 0 Å². The third-order valence-electron chi connectivity index (χ3n) is 4.22. The van der Waals surface area contributed by atoms with Gasteiger partial charge in [0.15, 0.2) is 5.92 Å². The Labute approximate surface area is 176 Å². The molecule has 30 heavy (non-hydrogen) atoms. The van der Waals surface area contributed by atoms with Crippen molar-refractivity contribution in [3.8, 4) is 11.5 Å². The molecule has 160 valence electrons. The van der Waals surface area contributed by atoms with Crippen LogP contribution in [0.2, 0.25) is 0 Å². The number of anilines is 1. The van der Waals surface area contributed by atoms with Gasteiger partial charge in [-0.2, -0.15) is 0 Å². The first-order chi connectivity index (χ1) is 14.4. The number of para-hydroxylation sites is 1. The molecule has 0 radical (unpaired) electrons. The van der Waals surface area contributed by atoms with Crippen LogP contribution in [0.5, 0.6) is 11.5 Å². The lowest BCUT2D eigenvalue weighted by atomic mass is 9.98. The van der Waals surface area contributed by atoms with Gasteiger partial charge in [-0.25, -0.2) is 0 Å². The molecule has 0 aromatic heterocycles. The molecule has 1 N–H and O–H groups in total. The first kappa shape index (κ1) is 22.9. The molecule has 0 aliphatic heterocycles. The van der Waals surface area contributed by atoms with Gasteiger partial charge < -0.3 is 19.5 Å². The molecule has 2 aromatic carbocycles. The number of rotatable bonds is 10. The highest BCUT2D eigenvalue weighted by Gasteiger charge is 2.29. The van der Waals surface area contributed by atoms with Gasteiger partial charge >= 0.3 is 11.9 Å². The Morgan fingerprint density at radius 2 is 1.53 bits per heavy atom. The van der Waals surface area contributed by atoms with E-state index >= 15 is 0 Å². The molecule has 0 spiro atoms. The Bertz CT molecular complexity index is 847. The summed E-state index contributed by atoms with van der Waals surface area (Å²) in [6.07, 6.45) is 0.562. The van der Waals surface area contributed by atoms with E-state index in [1.165, 1.54) is 6.92 Å². The lowest BCUT2D eigenvalue weighted by Crippen LogP contribution is -2.28. The molecule has 0 aliphatic rings. The van der Waals surface area contributed by atoms with Gasteiger partial charge in [0, 0.05) is 18.7 Å². The van der Waals surface area contributed by atoms with Crippen LogP contribution in [0, 0.1) is 5.92 Å². The highest BCUT2D eigenvalue weighted by atomic mass is 16.6. The van der Waals surface area contributed by atoms with E-state index in [9.17, 15) is 14.4 Å².